The number of aliphatic hydroxyl groups is 1. The maximum Gasteiger partial charge on any atom is 0.119 e. The van der Waals surface area contributed by atoms with Crippen LogP contribution in [0.5, 0.6) is 5.75 Å². The highest BCUT2D eigenvalue weighted by atomic mass is 79.9. The van der Waals surface area contributed by atoms with Gasteiger partial charge in [-0.05, 0) is 37.6 Å². The lowest BCUT2D eigenvalue weighted by molar-refractivity contribution is 0.104. The highest BCUT2D eigenvalue weighted by Gasteiger charge is 2.08. The predicted molar refractivity (Wildman–Crippen MR) is 87.3 cm³/mol. The van der Waals surface area contributed by atoms with Gasteiger partial charge in [-0.2, -0.15) is 0 Å². The van der Waals surface area contributed by atoms with Crippen molar-refractivity contribution < 1.29 is 9.84 Å². The Morgan fingerprint density at radius 2 is 1.95 bits per heavy atom. The van der Waals surface area contributed by atoms with Gasteiger partial charge in [0.2, 0.25) is 0 Å². The molecule has 0 spiro atoms. The normalized spacial score (nSPS) is 14.0. The lowest BCUT2D eigenvalue weighted by atomic mass is 10.1. The summed E-state index contributed by atoms with van der Waals surface area (Å²) < 4.78 is 6.56. The molecule has 2 atom stereocenters. The molecule has 0 saturated heterocycles. The van der Waals surface area contributed by atoms with Gasteiger partial charge in [-0.25, -0.2) is 0 Å². The first-order chi connectivity index (χ1) is 9.61. The third-order valence-corrected chi connectivity index (χ3v) is 3.73. The maximum absolute atomic E-state index is 9.89. The summed E-state index contributed by atoms with van der Waals surface area (Å²) in [5.41, 5.74) is 0. The van der Waals surface area contributed by atoms with Crippen molar-refractivity contribution >= 4 is 15.9 Å². The van der Waals surface area contributed by atoms with Crippen molar-refractivity contribution in [2.75, 3.05) is 13.2 Å². The molecule has 2 N–H and O–H groups in total. The quantitative estimate of drug-likeness (QED) is 0.635. The van der Waals surface area contributed by atoms with Crippen LogP contribution in [0.1, 0.15) is 39.5 Å². The molecule has 0 fully saturated rings. The van der Waals surface area contributed by atoms with Crippen LogP contribution in [0.25, 0.3) is 0 Å². The van der Waals surface area contributed by atoms with E-state index in [2.05, 4.69) is 35.1 Å². The Morgan fingerprint density at radius 3 is 2.60 bits per heavy atom. The van der Waals surface area contributed by atoms with Crippen LogP contribution in [0.2, 0.25) is 0 Å². The smallest absolute Gasteiger partial charge is 0.119 e. The Balaban J connectivity index is 2.13. The number of hydrogen-bond acceptors (Lipinski definition) is 3. The SMILES string of the molecule is CCCCCC(C)NCC(O)COc1ccc(Br)cc1. The molecule has 0 aliphatic rings. The largest absolute Gasteiger partial charge is 0.491 e. The van der Waals surface area contributed by atoms with Crippen molar-refractivity contribution in [3.8, 4) is 5.75 Å². The molecule has 2 unspecified atom stereocenters. The molecular formula is C16H26BrNO2. The fraction of sp³-hybridized carbons (Fsp3) is 0.625. The fourth-order valence-electron chi connectivity index (χ4n) is 1.92. The van der Waals surface area contributed by atoms with Crippen LogP contribution < -0.4 is 10.1 Å². The molecule has 0 radical (unpaired) electrons. The summed E-state index contributed by atoms with van der Waals surface area (Å²) in [6.45, 7) is 5.26. The summed E-state index contributed by atoms with van der Waals surface area (Å²) in [5.74, 6) is 0.781. The number of rotatable bonds is 10. The summed E-state index contributed by atoms with van der Waals surface area (Å²) in [4.78, 5) is 0. The van der Waals surface area contributed by atoms with Gasteiger partial charge in [0.15, 0.2) is 0 Å². The molecule has 0 bridgehead atoms. The van der Waals surface area contributed by atoms with E-state index < -0.39 is 6.10 Å². The zero-order valence-electron chi connectivity index (χ0n) is 12.4. The van der Waals surface area contributed by atoms with Gasteiger partial charge >= 0.3 is 0 Å². The molecular weight excluding hydrogens is 318 g/mol. The zero-order valence-corrected chi connectivity index (χ0v) is 14.0. The van der Waals surface area contributed by atoms with E-state index in [1.807, 2.05) is 24.3 Å². The Bertz CT molecular complexity index is 356. The highest BCUT2D eigenvalue weighted by Crippen LogP contribution is 2.16. The molecule has 20 heavy (non-hydrogen) atoms. The third-order valence-electron chi connectivity index (χ3n) is 3.20. The first kappa shape index (κ1) is 17.5. The van der Waals surface area contributed by atoms with E-state index in [1.165, 1.54) is 19.3 Å². The molecule has 0 aliphatic carbocycles. The Kier molecular flexibility index (Phi) is 8.90. The first-order valence-electron chi connectivity index (χ1n) is 7.41. The fourth-order valence-corrected chi connectivity index (χ4v) is 2.19. The van der Waals surface area contributed by atoms with Gasteiger partial charge in [0.05, 0.1) is 0 Å². The highest BCUT2D eigenvalue weighted by molar-refractivity contribution is 9.10. The molecule has 1 aromatic rings. The minimum absolute atomic E-state index is 0.316. The molecule has 0 saturated carbocycles. The molecule has 0 amide bonds. The van der Waals surface area contributed by atoms with Crippen LogP contribution in [0.3, 0.4) is 0 Å². The van der Waals surface area contributed by atoms with Gasteiger partial charge in [-0.3, -0.25) is 0 Å². The summed E-state index contributed by atoms with van der Waals surface area (Å²) >= 11 is 3.38. The zero-order chi connectivity index (χ0) is 14.8. The van der Waals surface area contributed by atoms with Gasteiger partial charge in [0, 0.05) is 17.1 Å². The molecule has 1 aromatic carbocycles. The van der Waals surface area contributed by atoms with Crippen molar-refractivity contribution in [1.29, 1.82) is 0 Å². The number of ether oxygens (including phenoxy) is 1. The lowest BCUT2D eigenvalue weighted by Gasteiger charge is -2.17. The van der Waals surface area contributed by atoms with E-state index in [0.717, 1.165) is 16.6 Å². The average molecular weight is 344 g/mol. The van der Waals surface area contributed by atoms with Crippen LogP contribution in [0.4, 0.5) is 0 Å². The van der Waals surface area contributed by atoms with E-state index in [1.54, 1.807) is 0 Å². The molecule has 0 aromatic heterocycles. The molecule has 0 aliphatic heterocycles. The van der Waals surface area contributed by atoms with Crippen LogP contribution in [-0.2, 0) is 0 Å². The Labute approximate surface area is 130 Å². The number of benzene rings is 1. The van der Waals surface area contributed by atoms with E-state index >= 15 is 0 Å². The van der Waals surface area contributed by atoms with Crippen LogP contribution in [-0.4, -0.2) is 30.4 Å². The standard InChI is InChI=1S/C16H26BrNO2/c1-3-4-5-6-13(2)18-11-15(19)12-20-16-9-7-14(17)8-10-16/h7-10,13,15,18-19H,3-6,11-12H2,1-2H3. The molecule has 4 heteroatoms. The topological polar surface area (TPSA) is 41.5 Å². The van der Waals surface area contributed by atoms with E-state index in [9.17, 15) is 5.11 Å². The third kappa shape index (κ3) is 7.88. The van der Waals surface area contributed by atoms with E-state index in [-0.39, 0.29) is 0 Å². The van der Waals surface area contributed by atoms with Gasteiger partial charge in [0.1, 0.15) is 18.5 Å². The minimum atomic E-state index is -0.479. The minimum Gasteiger partial charge on any atom is -0.491 e. The number of unbranched alkanes of at least 4 members (excludes halogenated alkanes) is 2. The molecule has 114 valence electrons. The van der Waals surface area contributed by atoms with Gasteiger partial charge in [-0.15, -0.1) is 0 Å². The second-order valence-corrected chi connectivity index (χ2v) is 6.14. The lowest BCUT2D eigenvalue weighted by Crippen LogP contribution is -2.36. The summed E-state index contributed by atoms with van der Waals surface area (Å²) in [5, 5.41) is 13.2. The van der Waals surface area contributed by atoms with E-state index in [4.69, 9.17) is 4.74 Å². The second kappa shape index (κ2) is 10.2. The van der Waals surface area contributed by atoms with Crippen molar-refractivity contribution in [1.82, 2.24) is 5.32 Å². The van der Waals surface area contributed by atoms with Crippen LogP contribution >= 0.6 is 15.9 Å². The van der Waals surface area contributed by atoms with Crippen molar-refractivity contribution in [3.63, 3.8) is 0 Å². The van der Waals surface area contributed by atoms with Gasteiger partial charge in [-0.1, -0.05) is 42.1 Å². The molecule has 3 nitrogen and oxygen atoms in total. The summed E-state index contributed by atoms with van der Waals surface area (Å²) in [7, 11) is 0. The number of hydrogen-bond donors (Lipinski definition) is 2. The van der Waals surface area contributed by atoms with Crippen molar-refractivity contribution in [3.05, 3.63) is 28.7 Å². The number of nitrogens with one attached hydrogen (secondary N) is 1. The van der Waals surface area contributed by atoms with Gasteiger partial charge in [0.25, 0.3) is 0 Å². The van der Waals surface area contributed by atoms with Gasteiger partial charge < -0.3 is 15.2 Å². The van der Waals surface area contributed by atoms with Crippen LogP contribution in [0, 0.1) is 0 Å². The Hall–Kier alpha value is -0.580. The summed E-state index contributed by atoms with van der Waals surface area (Å²) in [6.07, 6.45) is 4.45. The molecule has 1 rings (SSSR count). The molecule has 0 heterocycles. The predicted octanol–water partition coefficient (Wildman–Crippen LogP) is 3.75. The first-order valence-corrected chi connectivity index (χ1v) is 8.21. The number of halogens is 1. The number of aliphatic hydroxyl groups excluding tert-OH is 1. The van der Waals surface area contributed by atoms with Crippen molar-refractivity contribution in [2.45, 2.75) is 51.7 Å². The van der Waals surface area contributed by atoms with Crippen LogP contribution in [0.15, 0.2) is 28.7 Å². The Morgan fingerprint density at radius 1 is 1.25 bits per heavy atom. The monoisotopic (exact) mass is 343 g/mol. The van der Waals surface area contributed by atoms with E-state index in [0.29, 0.717) is 19.2 Å². The average Bonchev–Trinajstić information content (AvgIpc) is 2.45. The second-order valence-electron chi connectivity index (χ2n) is 5.22. The maximum atomic E-state index is 9.89. The van der Waals surface area contributed by atoms with Crippen molar-refractivity contribution in [2.24, 2.45) is 0 Å². The summed E-state index contributed by atoms with van der Waals surface area (Å²) in [6, 6.07) is 8.07.